The van der Waals surface area contributed by atoms with Gasteiger partial charge in [0.25, 0.3) is 0 Å². The summed E-state index contributed by atoms with van der Waals surface area (Å²) in [6.45, 7) is 2.01. The highest BCUT2D eigenvalue weighted by atomic mass is 16.7. The fourth-order valence-corrected chi connectivity index (χ4v) is 4.11. The summed E-state index contributed by atoms with van der Waals surface area (Å²) in [5.74, 6) is 0.434. The van der Waals surface area contributed by atoms with Crippen LogP contribution in [0.15, 0.2) is 4.99 Å². The van der Waals surface area contributed by atoms with Crippen LogP contribution >= 0.6 is 0 Å². The maximum Gasteiger partial charge on any atom is 0.191 e. The van der Waals surface area contributed by atoms with E-state index in [0.29, 0.717) is 0 Å². The molecule has 1 aliphatic carbocycles. The lowest BCUT2D eigenvalue weighted by Gasteiger charge is -2.56. The molecule has 4 unspecified atom stereocenters. The molecule has 3 fully saturated rings. The van der Waals surface area contributed by atoms with Crippen LogP contribution in [-0.2, 0) is 9.47 Å². The number of hydrogen-bond acceptors (Lipinski definition) is 7. The normalized spacial score (nSPS) is 61.1. The van der Waals surface area contributed by atoms with Crippen molar-refractivity contribution in [3.63, 3.8) is 0 Å². The van der Waals surface area contributed by atoms with Crippen LogP contribution in [-0.4, -0.2) is 52.5 Å². The first kappa shape index (κ1) is 11.0. The molecule has 4 rings (SSSR count). The smallest absolute Gasteiger partial charge is 0.191 e. The second-order valence-electron chi connectivity index (χ2n) is 5.78. The summed E-state index contributed by atoms with van der Waals surface area (Å²) in [4.78, 5) is 4.22. The first-order valence-electron chi connectivity index (χ1n) is 6.32. The first-order valence-corrected chi connectivity index (χ1v) is 6.32. The molecule has 0 aromatic carbocycles. The van der Waals surface area contributed by atoms with Gasteiger partial charge in [-0.15, -0.1) is 0 Å². The fraction of sp³-hybridized carbons (Fsp3) is 0.909. The summed E-state index contributed by atoms with van der Waals surface area (Å²) in [6.07, 6.45) is -2.39. The van der Waals surface area contributed by atoms with E-state index in [1.54, 1.807) is 0 Å². The highest BCUT2D eigenvalue weighted by molar-refractivity contribution is 5.80. The van der Waals surface area contributed by atoms with Gasteiger partial charge in [-0.1, -0.05) is 6.92 Å². The van der Waals surface area contributed by atoms with Gasteiger partial charge in [-0.2, -0.15) is 0 Å². The summed E-state index contributed by atoms with van der Waals surface area (Å²) < 4.78 is 11.2. The minimum atomic E-state index is -1.05. The van der Waals surface area contributed by atoms with Gasteiger partial charge in [-0.3, -0.25) is 0 Å². The van der Waals surface area contributed by atoms with Crippen molar-refractivity contribution < 1.29 is 19.7 Å². The molecule has 2 saturated heterocycles. The van der Waals surface area contributed by atoms with Crippen molar-refractivity contribution in [1.29, 1.82) is 0 Å². The predicted octanol–water partition coefficient (Wildman–Crippen LogP) is -1.90. The second kappa shape index (κ2) is 3.16. The molecule has 7 nitrogen and oxygen atoms in total. The monoisotopic (exact) mass is 255 g/mol. The van der Waals surface area contributed by atoms with Crippen LogP contribution in [0.1, 0.15) is 13.3 Å². The molecule has 3 aliphatic heterocycles. The predicted molar refractivity (Wildman–Crippen MR) is 60.3 cm³/mol. The molecule has 0 aromatic heterocycles. The molecule has 0 radical (unpaired) electrons. The number of aliphatic imine (C=N–C) groups is 1. The largest absolute Gasteiger partial charge is 0.388 e. The minimum Gasteiger partial charge on any atom is -0.388 e. The number of nitrogens with two attached hydrogens (primary N) is 1. The van der Waals surface area contributed by atoms with E-state index in [0.717, 1.165) is 6.42 Å². The van der Waals surface area contributed by atoms with E-state index in [1.807, 2.05) is 6.92 Å². The van der Waals surface area contributed by atoms with Crippen LogP contribution in [0.25, 0.3) is 0 Å². The minimum absolute atomic E-state index is 0.0228. The van der Waals surface area contributed by atoms with E-state index in [9.17, 15) is 10.2 Å². The van der Waals surface area contributed by atoms with Crippen LogP contribution in [0, 0.1) is 11.8 Å². The maximum absolute atomic E-state index is 10.6. The molecule has 8 atom stereocenters. The number of nitrogens with zero attached hydrogens (tertiary/aromatic N) is 1. The Hall–Kier alpha value is -0.890. The summed E-state index contributed by atoms with van der Waals surface area (Å²) in [6, 6.07) is 0. The second-order valence-corrected chi connectivity index (χ2v) is 5.78. The number of fused-ring (bicyclic) bond motifs is 1. The number of rotatable bonds is 0. The third-order valence-corrected chi connectivity index (χ3v) is 4.87. The molecule has 1 saturated carbocycles. The van der Waals surface area contributed by atoms with E-state index in [1.165, 1.54) is 0 Å². The highest BCUT2D eigenvalue weighted by Gasteiger charge is 2.71. The Balaban J connectivity index is 1.88. The molecule has 0 amide bonds. The molecule has 18 heavy (non-hydrogen) atoms. The van der Waals surface area contributed by atoms with E-state index in [2.05, 4.69) is 10.3 Å². The van der Waals surface area contributed by atoms with E-state index in [-0.39, 0.29) is 17.8 Å². The Kier molecular flexibility index (Phi) is 1.93. The van der Waals surface area contributed by atoms with Crippen LogP contribution in [0.3, 0.4) is 0 Å². The van der Waals surface area contributed by atoms with Gasteiger partial charge in [-0.05, 0) is 12.3 Å². The van der Waals surface area contributed by atoms with E-state index in [4.69, 9.17) is 15.2 Å². The lowest BCUT2D eigenvalue weighted by atomic mass is 9.62. The van der Waals surface area contributed by atoms with Gasteiger partial charge in [-0.25, -0.2) is 4.99 Å². The summed E-state index contributed by atoms with van der Waals surface area (Å²) in [5.41, 5.74) is 5.00. The van der Waals surface area contributed by atoms with Crippen LogP contribution < -0.4 is 11.1 Å². The Labute approximate surface area is 104 Å². The average molecular weight is 255 g/mol. The van der Waals surface area contributed by atoms with Crippen molar-refractivity contribution in [3.8, 4) is 0 Å². The number of aliphatic hydroxyl groups is 2. The molecule has 3 heterocycles. The van der Waals surface area contributed by atoms with Crippen molar-refractivity contribution in [3.05, 3.63) is 0 Å². The van der Waals surface area contributed by atoms with Gasteiger partial charge in [0.2, 0.25) is 0 Å². The third kappa shape index (κ3) is 1.03. The van der Waals surface area contributed by atoms with Crippen LogP contribution in [0.2, 0.25) is 0 Å². The van der Waals surface area contributed by atoms with Crippen LogP contribution in [0.4, 0.5) is 0 Å². The Morgan fingerprint density at radius 1 is 1.44 bits per heavy atom. The van der Waals surface area contributed by atoms with E-state index < -0.39 is 36.4 Å². The van der Waals surface area contributed by atoms with Crippen molar-refractivity contribution in [2.24, 2.45) is 22.6 Å². The molecule has 5 N–H and O–H groups in total. The Morgan fingerprint density at radius 2 is 2.22 bits per heavy atom. The summed E-state index contributed by atoms with van der Waals surface area (Å²) in [5, 5.41) is 23.7. The number of aliphatic hydroxyl groups excluding tert-OH is 2. The lowest BCUT2D eigenvalue weighted by molar-refractivity contribution is -0.290. The van der Waals surface area contributed by atoms with Gasteiger partial charge in [0.05, 0.1) is 6.10 Å². The van der Waals surface area contributed by atoms with Gasteiger partial charge >= 0.3 is 0 Å². The Morgan fingerprint density at radius 3 is 3.00 bits per heavy atom. The number of ether oxygens (including phenoxy) is 2. The molecule has 0 aromatic rings. The zero-order chi connectivity index (χ0) is 12.7. The standard InChI is InChI=1S/C11H17N3O4/c1-3-2-4-8-13-10(12)14-11(4)6(15)5(3)17-9(16)7(11)18-8/h3-9,15-16H,2H2,1H3,(H3,12,13,14)/t3?,4-,5+,6?,7-,8-,9?,11?/m1/s1. The quantitative estimate of drug-likeness (QED) is 0.402. The third-order valence-electron chi connectivity index (χ3n) is 4.87. The SMILES string of the molecule is CC1C[C@@H]2[C@@H]3N=C(N)NC24C(O)[C@H]1OC(O)[C@H]4O3. The molecule has 4 aliphatic rings. The zero-order valence-electron chi connectivity index (χ0n) is 9.98. The van der Waals surface area contributed by atoms with Gasteiger partial charge in [0.15, 0.2) is 18.5 Å². The van der Waals surface area contributed by atoms with Crippen molar-refractivity contribution in [2.45, 2.75) is 49.7 Å². The number of nitrogens with one attached hydrogen (secondary N) is 1. The lowest BCUT2D eigenvalue weighted by Crippen LogP contribution is -2.78. The van der Waals surface area contributed by atoms with Gasteiger partial charge in [0.1, 0.15) is 17.7 Å². The van der Waals surface area contributed by atoms with Gasteiger partial charge < -0.3 is 30.7 Å². The molecule has 100 valence electrons. The topological polar surface area (TPSA) is 109 Å². The molecular formula is C11H17N3O4. The molecular weight excluding hydrogens is 238 g/mol. The Bertz CT molecular complexity index is 431. The summed E-state index contributed by atoms with van der Waals surface area (Å²) in [7, 11) is 0. The van der Waals surface area contributed by atoms with Crippen molar-refractivity contribution in [2.75, 3.05) is 0 Å². The van der Waals surface area contributed by atoms with Crippen molar-refractivity contribution in [1.82, 2.24) is 5.32 Å². The molecule has 3 bridgehead atoms. The first-order chi connectivity index (χ1) is 8.54. The average Bonchev–Trinajstić information content (AvgIpc) is 2.53. The summed E-state index contributed by atoms with van der Waals surface area (Å²) >= 11 is 0. The zero-order valence-corrected chi connectivity index (χ0v) is 9.98. The fourth-order valence-electron chi connectivity index (χ4n) is 4.11. The molecule has 1 spiro atoms. The highest BCUT2D eigenvalue weighted by Crippen LogP contribution is 2.54. The molecule has 7 heteroatoms. The number of guanidine groups is 1. The maximum atomic E-state index is 10.6. The van der Waals surface area contributed by atoms with E-state index >= 15 is 0 Å². The van der Waals surface area contributed by atoms with Gasteiger partial charge in [0, 0.05) is 5.92 Å². The number of hydrogen-bond donors (Lipinski definition) is 4. The van der Waals surface area contributed by atoms with Crippen molar-refractivity contribution >= 4 is 5.96 Å². The van der Waals surface area contributed by atoms with Crippen LogP contribution in [0.5, 0.6) is 0 Å².